The van der Waals surface area contributed by atoms with Crippen molar-refractivity contribution in [2.75, 3.05) is 12.4 Å². The van der Waals surface area contributed by atoms with Crippen molar-refractivity contribution in [2.24, 2.45) is 5.92 Å². The van der Waals surface area contributed by atoms with Gasteiger partial charge in [-0.1, -0.05) is 13.0 Å². The van der Waals surface area contributed by atoms with E-state index in [1.54, 1.807) is 7.11 Å². The highest BCUT2D eigenvalue weighted by Gasteiger charge is 2.22. The summed E-state index contributed by atoms with van der Waals surface area (Å²) in [5.74, 6) is 2.63. The zero-order valence-corrected chi connectivity index (χ0v) is 14.6. The van der Waals surface area contributed by atoms with Gasteiger partial charge in [-0.3, -0.25) is 4.79 Å². The van der Waals surface area contributed by atoms with E-state index in [1.165, 1.54) is 0 Å². The predicted molar refractivity (Wildman–Crippen MR) is 99.2 cm³/mol. The summed E-state index contributed by atoms with van der Waals surface area (Å²) in [7, 11) is 1.63. The minimum absolute atomic E-state index is 0.139. The van der Waals surface area contributed by atoms with Gasteiger partial charge in [0.2, 0.25) is 0 Å². The van der Waals surface area contributed by atoms with Crippen LogP contribution in [0.1, 0.15) is 26.2 Å². The molecule has 1 aliphatic rings. The lowest BCUT2D eigenvalue weighted by Crippen LogP contribution is -2.19. The molecule has 1 fully saturated rings. The molecule has 3 rings (SSSR count). The maximum atomic E-state index is 12.1. The standard InChI is InChI=1S/C21H23NO3/c1-15-5-3-6-16(21(15)23)14-22-17-9-11-18(12-10-17)25-20-8-4-7-19(13-20)24-2/h4,7-15,22H,3,5-6H2,1-2H3/b16-14-. The van der Waals surface area contributed by atoms with Gasteiger partial charge in [0.05, 0.1) is 7.11 Å². The van der Waals surface area contributed by atoms with E-state index in [-0.39, 0.29) is 11.7 Å². The summed E-state index contributed by atoms with van der Waals surface area (Å²) in [4.78, 5) is 12.1. The zero-order valence-electron chi connectivity index (χ0n) is 14.6. The van der Waals surface area contributed by atoms with Gasteiger partial charge >= 0.3 is 0 Å². The van der Waals surface area contributed by atoms with Crippen LogP contribution in [0.25, 0.3) is 0 Å². The number of carbonyl (C=O) groups excluding carboxylic acids is 1. The van der Waals surface area contributed by atoms with E-state index < -0.39 is 0 Å². The lowest BCUT2D eigenvalue weighted by molar-refractivity contribution is -0.119. The molecule has 0 amide bonds. The summed E-state index contributed by atoms with van der Waals surface area (Å²) in [6.45, 7) is 2.00. The Balaban J connectivity index is 1.63. The molecule has 0 radical (unpaired) electrons. The number of Topliss-reactive ketones (excluding diaryl/α,β-unsaturated/α-hetero) is 1. The molecule has 0 aliphatic heterocycles. The molecule has 1 saturated carbocycles. The summed E-state index contributed by atoms with van der Waals surface area (Å²) in [5.41, 5.74) is 1.81. The predicted octanol–water partition coefficient (Wildman–Crippen LogP) is 5.17. The largest absolute Gasteiger partial charge is 0.497 e. The Bertz CT molecular complexity index is 765. The lowest BCUT2D eigenvalue weighted by Gasteiger charge is -2.19. The first kappa shape index (κ1) is 17.1. The molecule has 25 heavy (non-hydrogen) atoms. The molecule has 2 aromatic rings. The van der Waals surface area contributed by atoms with Crippen molar-refractivity contribution in [2.45, 2.75) is 26.2 Å². The van der Waals surface area contributed by atoms with Crippen LogP contribution in [0.2, 0.25) is 0 Å². The third kappa shape index (κ3) is 4.41. The Labute approximate surface area is 148 Å². The molecule has 0 heterocycles. The van der Waals surface area contributed by atoms with Crippen LogP contribution in [0.3, 0.4) is 0 Å². The first-order chi connectivity index (χ1) is 12.2. The number of hydrogen-bond donors (Lipinski definition) is 1. The van der Waals surface area contributed by atoms with E-state index in [1.807, 2.05) is 61.7 Å². The molecule has 0 saturated heterocycles. The first-order valence-corrected chi connectivity index (χ1v) is 8.57. The number of allylic oxidation sites excluding steroid dienone is 1. The maximum absolute atomic E-state index is 12.1. The molecule has 0 bridgehead atoms. The highest BCUT2D eigenvalue weighted by atomic mass is 16.5. The highest BCUT2D eigenvalue weighted by molar-refractivity contribution is 5.97. The van der Waals surface area contributed by atoms with Gasteiger partial charge in [-0.2, -0.15) is 0 Å². The minimum atomic E-state index is 0.139. The van der Waals surface area contributed by atoms with Crippen molar-refractivity contribution >= 4 is 11.5 Å². The molecule has 130 valence electrons. The molecule has 1 N–H and O–H groups in total. The normalized spacial score (nSPS) is 18.9. The second kappa shape index (κ2) is 7.88. The van der Waals surface area contributed by atoms with Crippen LogP contribution in [-0.4, -0.2) is 12.9 Å². The van der Waals surface area contributed by atoms with Gasteiger partial charge in [0.15, 0.2) is 5.78 Å². The third-order valence-corrected chi connectivity index (χ3v) is 4.39. The highest BCUT2D eigenvalue weighted by Crippen LogP contribution is 2.27. The van der Waals surface area contributed by atoms with Crippen molar-refractivity contribution in [1.29, 1.82) is 0 Å². The van der Waals surface area contributed by atoms with Crippen LogP contribution in [-0.2, 0) is 4.79 Å². The van der Waals surface area contributed by atoms with E-state index in [2.05, 4.69) is 5.32 Å². The smallest absolute Gasteiger partial charge is 0.163 e. The third-order valence-electron chi connectivity index (χ3n) is 4.39. The molecule has 0 spiro atoms. The fourth-order valence-corrected chi connectivity index (χ4v) is 2.90. The molecule has 1 atom stereocenters. The maximum Gasteiger partial charge on any atom is 0.163 e. The lowest BCUT2D eigenvalue weighted by atomic mass is 9.86. The quantitative estimate of drug-likeness (QED) is 0.764. The number of anilines is 1. The Kier molecular flexibility index (Phi) is 5.39. The van der Waals surface area contributed by atoms with Gasteiger partial charge in [-0.05, 0) is 55.7 Å². The number of benzene rings is 2. The minimum Gasteiger partial charge on any atom is -0.497 e. The monoisotopic (exact) mass is 337 g/mol. The van der Waals surface area contributed by atoms with Gasteiger partial charge in [0.25, 0.3) is 0 Å². The molecule has 1 unspecified atom stereocenters. The Morgan fingerprint density at radius 3 is 2.60 bits per heavy atom. The molecule has 4 nitrogen and oxygen atoms in total. The van der Waals surface area contributed by atoms with E-state index in [0.29, 0.717) is 0 Å². The van der Waals surface area contributed by atoms with Gasteiger partial charge in [0.1, 0.15) is 17.2 Å². The van der Waals surface area contributed by atoms with Crippen LogP contribution in [0.4, 0.5) is 5.69 Å². The van der Waals surface area contributed by atoms with Crippen LogP contribution < -0.4 is 14.8 Å². The number of ether oxygens (including phenoxy) is 2. The van der Waals surface area contributed by atoms with Crippen molar-refractivity contribution in [3.63, 3.8) is 0 Å². The van der Waals surface area contributed by atoms with Crippen molar-refractivity contribution in [3.8, 4) is 17.2 Å². The number of ketones is 1. The van der Waals surface area contributed by atoms with Gasteiger partial charge in [-0.25, -0.2) is 0 Å². The first-order valence-electron chi connectivity index (χ1n) is 8.57. The van der Waals surface area contributed by atoms with E-state index in [9.17, 15) is 4.79 Å². The SMILES string of the molecule is COc1cccc(Oc2ccc(N/C=C3/CCCC(C)C3=O)cc2)c1. The molecule has 0 aromatic heterocycles. The van der Waals surface area contributed by atoms with Gasteiger partial charge < -0.3 is 14.8 Å². The van der Waals surface area contributed by atoms with Crippen molar-refractivity contribution in [1.82, 2.24) is 0 Å². The van der Waals surface area contributed by atoms with Crippen LogP contribution in [0.15, 0.2) is 60.3 Å². The zero-order chi connectivity index (χ0) is 17.6. The topological polar surface area (TPSA) is 47.6 Å². The summed E-state index contributed by atoms with van der Waals surface area (Å²) < 4.78 is 11.0. The van der Waals surface area contributed by atoms with E-state index in [4.69, 9.17) is 9.47 Å². The molecular weight excluding hydrogens is 314 g/mol. The second-order valence-electron chi connectivity index (χ2n) is 6.28. The van der Waals surface area contributed by atoms with Crippen molar-refractivity contribution < 1.29 is 14.3 Å². The average Bonchev–Trinajstić information content (AvgIpc) is 2.64. The number of rotatable bonds is 5. The second-order valence-corrected chi connectivity index (χ2v) is 6.28. The van der Waals surface area contributed by atoms with Gasteiger partial charge in [0, 0.05) is 29.4 Å². The summed E-state index contributed by atoms with van der Waals surface area (Å²) in [5, 5.41) is 3.22. The Hall–Kier alpha value is -2.75. The number of nitrogens with one attached hydrogen (secondary N) is 1. The van der Waals surface area contributed by atoms with Gasteiger partial charge in [-0.15, -0.1) is 0 Å². The van der Waals surface area contributed by atoms with Crippen LogP contribution in [0, 0.1) is 5.92 Å². The molecule has 4 heteroatoms. The van der Waals surface area contributed by atoms with E-state index >= 15 is 0 Å². The fourth-order valence-electron chi connectivity index (χ4n) is 2.90. The molecular formula is C21H23NO3. The summed E-state index contributed by atoms with van der Waals surface area (Å²) in [6, 6.07) is 15.1. The van der Waals surface area contributed by atoms with E-state index in [0.717, 1.165) is 47.8 Å². The van der Waals surface area contributed by atoms with Crippen LogP contribution >= 0.6 is 0 Å². The summed E-state index contributed by atoms with van der Waals surface area (Å²) >= 11 is 0. The molecule has 2 aromatic carbocycles. The Morgan fingerprint density at radius 2 is 1.84 bits per heavy atom. The summed E-state index contributed by atoms with van der Waals surface area (Å²) in [6.07, 6.45) is 4.77. The number of methoxy groups -OCH3 is 1. The molecule has 1 aliphatic carbocycles. The Morgan fingerprint density at radius 1 is 1.08 bits per heavy atom. The average molecular weight is 337 g/mol. The number of hydrogen-bond acceptors (Lipinski definition) is 4. The fraction of sp³-hybridized carbons (Fsp3) is 0.286. The number of carbonyl (C=O) groups is 1. The van der Waals surface area contributed by atoms with Crippen LogP contribution in [0.5, 0.6) is 17.2 Å². The van der Waals surface area contributed by atoms with Crippen molar-refractivity contribution in [3.05, 3.63) is 60.3 Å².